The Morgan fingerprint density at radius 1 is 0.500 bits per heavy atom. The van der Waals surface area contributed by atoms with Crippen molar-refractivity contribution in [2.75, 3.05) is 0 Å². The van der Waals surface area contributed by atoms with E-state index in [1.807, 2.05) is 49.4 Å². The van der Waals surface area contributed by atoms with E-state index in [4.69, 9.17) is 15.0 Å². The van der Waals surface area contributed by atoms with Gasteiger partial charge < -0.3 is 10.0 Å². The van der Waals surface area contributed by atoms with Crippen molar-refractivity contribution in [2.24, 2.45) is 0 Å². The number of benzene rings is 5. The molecule has 36 heavy (non-hydrogen) atoms. The van der Waals surface area contributed by atoms with Gasteiger partial charge in [0.05, 0.1) is 0 Å². The summed E-state index contributed by atoms with van der Waals surface area (Å²) in [5.74, 6) is 1.59. The summed E-state index contributed by atoms with van der Waals surface area (Å²) in [6.45, 7) is 1.91. The molecule has 0 unspecified atom stereocenters. The lowest BCUT2D eigenvalue weighted by atomic mass is 9.78. The fourth-order valence-electron chi connectivity index (χ4n) is 4.51. The van der Waals surface area contributed by atoms with Gasteiger partial charge in [0.15, 0.2) is 17.5 Å². The highest BCUT2D eigenvalue weighted by molar-refractivity contribution is 6.58. The first-order chi connectivity index (χ1) is 17.5. The SMILES string of the molecule is Cc1cc(B(O)O)cc(-c2nc(-c3ccc4ccccc4c3)nc(-c3ccc4ccccc4c3)n2)c1. The first-order valence-electron chi connectivity index (χ1n) is 11.8. The normalized spacial score (nSPS) is 11.2. The second kappa shape index (κ2) is 9.00. The highest BCUT2D eigenvalue weighted by atomic mass is 16.4. The zero-order chi connectivity index (χ0) is 24.6. The molecule has 0 fully saturated rings. The molecule has 6 heteroatoms. The Morgan fingerprint density at radius 2 is 0.972 bits per heavy atom. The van der Waals surface area contributed by atoms with Crippen LogP contribution in [0, 0.1) is 6.92 Å². The lowest BCUT2D eigenvalue weighted by molar-refractivity contribution is 0.426. The van der Waals surface area contributed by atoms with Crippen molar-refractivity contribution in [1.29, 1.82) is 0 Å². The number of fused-ring (bicyclic) bond motifs is 2. The average Bonchev–Trinajstić information content (AvgIpc) is 2.92. The molecule has 6 rings (SSSR count). The molecule has 0 saturated heterocycles. The molecular formula is C30H22BN3O2. The van der Waals surface area contributed by atoms with Gasteiger partial charge in [0.1, 0.15) is 0 Å². The Labute approximate surface area is 208 Å². The zero-order valence-corrected chi connectivity index (χ0v) is 19.6. The molecule has 6 aromatic rings. The summed E-state index contributed by atoms with van der Waals surface area (Å²) in [5, 5.41) is 24.1. The van der Waals surface area contributed by atoms with E-state index in [2.05, 4.69) is 48.5 Å². The molecule has 0 radical (unpaired) electrons. The zero-order valence-electron chi connectivity index (χ0n) is 19.6. The minimum Gasteiger partial charge on any atom is -0.423 e. The van der Waals surface area contributed by atoms with Crippen LogP contribution in [0.3, 0.4) is 0 Å². The Kier molecular flexibility index (Phi) is 5.53. The quantitative estimate of drug-likeness (QED) is 0.350. The predicted octanol–water partition coefficient (Wildman–Crippen LogP) is 5.17. The molecule has 0 spiro atoms. The van der Waals surface area contributed by atoms with E-state index < -0.39 is 7.12 Å². The number of hydrogen-bond acceptors (Lipinski definition) is 5. The van der Waals surface area contributed by atoms with Gasteiger partial charge in [-0.25, -0.2) is 15.0 Å². The molecule has 0 aliphatic carbocycles. The van der Waals surface area contributed by atoms with Crippen LogP contribution in [-0.4, -0.2) is 32.1 Å². The molecule has 172 valence electrons. The summed E-state index contributed by atoms with van der Waals surface area (Å²) < 4.78 is 0. The predicted molar refractivity (Wildman–Crippen MR) is 146 cm³/mol. The summed E-state index contributed by atoms with van der Waals surface area (Å²) in [7, 11) is -1.58. The third-order valence-electron chi connectivity index (χ3n) is 6.31. The number of hydrogen-bond donors (Lipinski definition) is 2. The van der Waals surface area contributed by atoms with Gasteiger partial charge in [-0.15, -0.1) is 0 Å². The number of aromatic nitrogens is 3. The van der Waals surface area contributed by atoms with Crippen LogP contribution in [0.15, 0.2) is 103 Å². The topological polar surface area (TPSA) is 79.1 Å². The molecule has 2 N–H and O–H groups in total. The van der Waals surface area contributed by atoms with E-state index in [-0.39, 0.29) is 0 Å². The van der Waals surface area contributed by atoms with Crippen LogP contribution < -0.4 is 5.46 Å². The van der Waals surface area contributed by atoms with Crippen molar-refractivity contribution in [3.8, 4) is 34.2 Å². The van der Waals surface area contributed by atoms with E-state index in [1.165, 1.54) is 0 Å². The smallest absolute Gasteiger partial charge is 0.423 e. The van der Waals surface area contributed by atoms with E-state index >= 15 is 0 Å². The molecule has 5 aromatic carbocycles. The van der Waals surface area contributed by atoms with Gasteiger partial charge in [-0.1, -0.05) is 90.5 Å². The first-order valence-corrected chi connectivity index (χ1v) is 11.8. The van der Waals surface area contributed by atoms with Gasteiger partial charge in [0.2, 0.25) is 0 Å². The van der Waals surface area contributed by atoms with Gasteiger partial charge in [-0.3, -0.25) is 0 Å². The maximum absolute atomic E-state index is 9.79. The van der Waals surface area contributed by atoms with Crippen LogP contribution in [0.2, 0.25) is 0 Å². The fraction of sp³-hybridized carbons (Fsp3) is 0.0333. The van der Waals surface area contributed by atoms with Crippen LogP contribution in [0.4, 0.5) is 0 Å². The molecule has 0 atom stereocenters. The maximum atomic E-state index is 9.79. The van der Waals surface area contributed by atoms with Gasteiger partial charge in [0.25, 0.3) is 0 Å². The third kappa shape index (κ3) is 4.24. The molecule has 1 aromatic heterocycles. The number of aryl methyl sites for hydroxylation is 1. The second-order valence-corrected chi connectivity index (χ2v) is 8.94. The highest BCUT2D eigenvalue weighted by Gasteiger charge is 2.17. The van der Waals surface area contributed by atoms with Gasteiger partial charge in [-0.2, -0.15) is 0 Å². The van der Waals surface area contributed by atoms with E-state index in [0.29, 0.717) is 28.5 Å². The monoisotopic (exact) mass is 467 g/mol. The third-order valence-corrected chi connectivity index (χ3v) is 6.31. The highest BCUT2D eigenvalue weighted by Crippen LogP contribution is 2.28. The summed E-state index contributed by atoms with van der Waals surface area (Å²) in [4.78, 5) is 14.5. The molecule has 0 saturated carbocycles. The Morgan fingerprint density at radius 3 is 1.47 bits per heavy atom. The lowest BCUT2D eigenvalue weighted by Crippen LogP contribution is -2.30. The minimum absolute atomic E-state index is 0.393. The first kappa shape index (κ1) is 22.1. The summed E-state index contributed by atoms with van der Waals surface area (Å²) >= 11 is 0. The van der Waals surface area contributed by atoms with Crippen LogP contribution in [0.5, 0.6) is 0 Å². The largest absolute Gasteiger partial charge is 0.488 e. The maximum Gasteiger partial charge on any atom is 0.488 e. The number of rotatable bonds is 4. The van der Waals surface area contributed by atoms with Crippen molar-refractivity contribution in [2.45, 2.75) is 6.92 Å². The standard InChI is InChI=1S/C30H22BN3O2/c1-19-14-26(18-27(15-19)31(35)36)30-33-28(24-12-10-20-6-2-4-8-22(20)16-24)32-29(34-30)25-13-11-21-7-3-5-9-23(21)17-25/h2-18,35-36H,1H3. The van der Waals surface area contributed by atoms with Crippen LogP contribution in [0.25, 0.3) is 55.7 Å². The lowest BCUT2D eigenvalue weighted by Gasteiger charge is -2.11. The summed E-state index contributed by atoms with van der Waals surface area (Å²) in [6.07, 6.45) is 0. The van der Waals surface area contributed by atoms with Crippen LogP contribution in [-0.2, 0) is 0 Å². The van der Waals surface area contributed by atoms with Crippen molar-refractivity contribution in [1.82, 2.24) is 15.0 Å². The van der Waals surface area contributed by atoms with Gasteiger partial charge in [0, 0.05) is 16.7 Å². The van der Waals surface area contributed by atoms with Crippen LogP contribution in [0.1, 0.15) is 5.56 Å². The average molecular weight is 467 g/mol. The van der Waals surface area contributed by atoms with Crippen molar-refractivity contribution < 1.29 is 10.0 Å². The summed E-state index contributed by atoms with van der Waals surface area (Å²) in [6, 6.07) is 34.1. The molecule has 0 aliphatic heterocycles. The van der Waals surface area contributed by atoms with E-state index in [0.717, 1.165) is 38.2 Å². The van der Waals surface area contributed by atoms with E-state index in [9.17, 15) is 10.0 Å². The molecule has 0 aliphatic rings. The Bertz CT molecular complexity index is 1650. The van der Waals surface area contributed by atoms with Crippen molar-refractivity contribution >= 4 is 34.1 Å². The summed E-state index contributed by atoms with van der Waals surface area (Å²) in [5.41, 5.74) is 3.74. The van der Waals surface area contributed by atoms with E-state index in [1.54, 1.807) is 12.1 Å². The van der Waals surface area contributed by atoms with Gasteiger partial charge in [-0.05, 0) is 52.1 Å². The molecule has 5 nitrogen and oxygen atoms in total. The Hall–Kier alpha value is -4.39. The fourth-order valence-corrected chi connectivity index (χ4v) is 4.51. The van der Waals surface area contributed by atoms with Crippen molar-refractivity contribution in [3.63, 3.8) is 0 Å². The second-order valence-electron chi connectivity index (χ2n) is 8.94. The minimum atomic E-state index is -1.58. The van der Waals surface area contributed by atoms with Gasteiger partial charge >= 0.3 is 7.12 Å². The molecule has 1 heterocycles. The molecular weight excluding hydrogens is 445 g/mol. The van der Waals surface area contributed by atoms with Crippen molar-refractivity contribution in [3.05, 3.63) is 109 Å². The Balaban J connectivity index is 1.57. The number of nitrogens with zero attached hydrogens (tertiary/aromatic N) is 3. The van der Waals surface area contributed by atoms with Crippen LogP contribution >= 0.6 is 0 Å². The molecule has 0 amide bonds. The molecule has 0 bridgehead atoms.